The van der Waals surface area contributed by atoms with Gasteiger partial charge in [0.1, 0.15) is 0 Å². The molecule has 2 atom stereocenters. The second-order valence-electron chi connectivity index (χ2n) is 10.7. The summed E-state index contributed by atoms with van der Waals surface area (Å²) in [4.78, 5) is 4.28. The van der Waals surface area contributed by atoms with Crippen LogP contribution in [0.25, 0.3) is 0 Å². The van der Waals surface area contributed by atoms with Crippen LogP contribution in [0.4, 0.5) is 45.5 Å². The van der Waals surface area contributed by atoms with Gasteiger partial charge in [-0.2, -0.15) is 49.4 Å². The molecule has 0 saturated heterocycles. The Hall–Kier alpha value is -4.15. The fourth-order valence-electron chi connectivity index (χ4n) is 5.46. The number of aryl methyl sites for hydroxylation is 1. The summed E-state index contributed by atoms with van der Waals surface area (Å²) >= 11 is 0. The van der Waals surface area contributed by atoms with Gasteiger partial charge in [0.25, 0.3) is 5.95 Å². The number of alkyl halides is 9. The monoisotopic (exact) mass is 662 g/mol. The van der Waals surface area contributed by atoms with Gasteiger partial charge in [-0.05, 0) is 72.1 Å². The van der Waals surface area contributed by atoms with Crippen LogP contribution in [-0.2, 0) is 38.7 Å². The zero-order chi connectivity index (χ0) is 34.0. The molecule has 8 nitrogen and oxygen atoms in total. The first kappa shape index (κ1) is 34.7. The van der Waals surface area contributed by atoms with Crippen LogP contribution in [-0.4, -0.2) is 41.8 Å². The van der Waals surface area contributed by atoms with Crippen molar-refractivity contribution in [2.75, 3.05) is 11.4 Å². The summed E-state index contributed by atoms with van der Waals surface area (Å²) in [5.74, 6) is -0.205. The lowest BCUT2D eigenvalue weighted by Gasteiger charge is -2.37. The maximum atomic E-state index is 14.0. The molecular formula is C29H31F9N8. The van der Waals surface area contributed by atoms with Gasteiger partial charge in [-0.15, -0.1) is 5.10 Å². The van der Waals surface area contributed by atoms with Gasteiger partial charge >= 0.3 is 18.5 Å². The van der Waals surface area contributed by atoms with E-state index in [1.165, 1.54) is 18.0 Å². The molecule has 2 unspecified atom stereocenters. The lowest BCUT2D eigenvalue weighted by atomic mass is 9.93. The second kappa shape index (κ2) is 13.3. The van der Waals surface area contributed by atoms with Crippen molar-refractivity contribution in [2.24, 2.45) is 7.05 Å². The third kappa shape index (κ3) is 7.97. The minimum atomic E-state index is -5.09. The van der Waals surface area contributed by atoms with Crippen molar-refractivity contribution in [1.29, 1.82) is 0 Å². The van der Waals surface area contributed by atoms with Crippen LogP contribution in [0, 0.1) is 0 Å². The Labute approximate surface area is 258 Å². The van der Waals surface area contributed by atoms with Crippen LogP contribution in [0.2, 0.25) is 0 Å². The van der Waals surface area contributed by atoms with E-state index >= 15 is 0 Å². The predicted molar refractivity (Wildman–Crippen MR) is 149 cm³/mol. The van der Waals surface area contributed by atoms with E-state index < -0.39 is 59.9 Å². The van der Waals surface area contributed by atoms with Gasteiger partial charge in [0.2, 0.25) is 0 Å². The van der Waals surface area contributed by atoms with Gasteiger partial charge in [0.15, 0.2) is 0 Å². The molecule has 0 radical (unpaired) electrons. The number of hydrogen-bond acceptors (Lipinski definition) is 6. The molecule has 2 heterocycles. The molecule has 0 bridgehead atoms. The number of nitrogens with one attached hydrogen (secondary N) is 1. The summed E-state index contributed by atoms with van der Waals surface area (Å²) < 4.78 is 124. The third-order valence-corrected chi connectivity index (χ3v) is 7.64. The zero-order valence-corrected chi connectivity index (χ0v) is 25.1. The fraction of sp³-hybridized carbons (Fsp3) is 0.448. The molecule has 0 aliphatic carbocycles. The van der Waals surface area contributed by atoms with Gasteiger partial charge in [0.05, 0.1) is 29.9 Å². The lowest BCUT2D eigenvalue weighted by Crippen LogP contribution is -2.33. The van der Waals surface area contributed by atoms with Gasteiger partial charge in [-0.25, -0.2) is 0 Å². The Kier molecular flexibility index (Phi) is 10.0. The number of hydrogen-bond donors (Lipinski definition) is 1. The van der Waals surface area contributed by atoms with Gasteiger partial charge in [0, 0.05) is 36.9 Å². The molecule has 0 saturated carbocycles. The van der Waals surface area contributed by atoms with E-state index in [9.17, 15) is 39.5 Å². The fourth-order valence-corrected chi connectivity index (χ4v) is 5.46. The first-order chi connectivity index (χ1) is 21.4. The number of benzene rings is 2. The zero-order valence-electron chi connectivity index (χ0n) is 25.1. The van der Waals surface area contributed by atoms with Crippen molar-refractivity contribution in [3.8, 4) is 0 Å². The second-order valence-corrected chi connectivity index (χ2v) is 10.7. The normalized spacial score (nSPS) is 14.1. The molecule has 4 aromatic rings. The standard InChI is InChI=1S/C29H31F9N8/c1-5-25(46(6-2)17(3)20-13-39-40-14-20)24-8-7-21(27(30,31)32)11-19(24)16-45(26-41-43-44(4)42-26)15-18-9-22(28(33,34)35)12-23(10-18)29(36,37)38/h7-14,17,25H,5-6,15-16H2,1-4H3,(H,39,40). The summed E-state index contributed by atoms with van der Waals surface area (Å²) in [6.07, 6.45) is -11.1. The van der Waals surface area contributed by atoms with Crippen molar-refractivity contribution in [1.82, 2.24) is 35.3 Å². The Morgan fingerprint density at radius 3 is 1.96 bits per heavy atom. The average Bonchev–Trinajstić information content (AvgIpc) is 3.66. The van der Waals surface area contributed by atoms with E-state index in [-0.39, 0.29) is 23.6 Å². The van der Waals surface area contributed by atoms with E-state index in [4.69, 9.17) is 0 Å². The molecule has 250 valence electrons. The Bertz CT molecular complexity index is 1560. The first-order valence-electron chi connectivity index (χ1n) is 14.1. The molecule has 0 aliphatic rings. The number of H-pyrrole nitrogens is 1. The first-order valence-corrected chi connectivity index (χ1v) is 14.1. The van der Waals surface area contributed by atoms with Gasteiger partial charge in [-0.1, -0.05) is 25.0 Å². The SMILES string of the molecule is CCC(c1ccc(C(F)(F)F)cc1CN(Cc1cc(C(F)(F)F)cc(C(F)(F)F)c1)c1nnn(C)n1)N(CC)C(C)c1cn[nH]c1. The highest BCUT2D eigenvalue weighted by atomic mass is 19.4. The van der Waals surface area contributed by atoms with Crippen molar-refractivity contribution in [3.05, 3.63) is 87.7 Å². The summed E-state index contributed by atoms with van der Waals surface area (Å²) in [7, 11) is 1.39. The lowest BCUT2D eigenvalue weighted by molar-refractivity contribution is -0.143. The molecule has 17 heteroatoms. The number of halogens is 9. The van der Waals surface area contributed by atoms with E-state index in [0.717, 1.165) is 22.5 Å². The molecular weight excluding hydrogens is 631 g/mol. The number of anilines is 1. The van der Waals surface area contributed by atoms with Gasteiger partial charge < -0.3 is 4.90 Å². The molecule has 2 aromatic carbocycles. The Balaban J connectivity index is 1.84. The highest BCUT2D eigenvalue weighted by molar-refractivity contribution is 5.42. The minimum absolute atomic E-state index is 0.00564. The number of nitrogens with zero attached hydrogens (tertiary/aromatic N) is 7. The molecule has 2 aromatic heterocycles. The molecule has 0 amide bonds. The highest BCUT2D eigenvalue weighted by Crippen LogP contribution is 2.39. The molecule has 46 heavy (non-hydrogen) atoms. The number of aromatic amines is 1. The van der Waals surface area contributed by atoms with Crippen LogP contribution in [0.15, 0.2) is 48.8 Å². The van der Waals surface area contributed by atoms with E-state index in [0.29, 0.717) is 30.7 Å². The molecule has 0 spiro atoms. The number of rotatable bonds is 11. The van der Waals surface area contributed by atoms with E-state index in [2.05, 4.69) is 30.5 Å². The number of aromatic nitrogens is 6. The van der Waals surface area contributed by atoms with Crippen molar-refractivity contribution in [3.63, 3.8) is 0 Å². The van der Waals surface area contributed by atoms with Gasteiger partial charge in [-0.3, -0.25) is 10.00 Å². The number of tetrazole rings is 1. The molecule has 0 fully saturated rings. The minimum Gasteiger partial charge on any atom is -0.330 e. The van der Waals surface area contributed by atoms with Crippen LogP contribution < -0.4 is 4.90 Å². The largest absolute Gasteiger partial charge is 0.416 e. The summed E-state index contributed by atoms with van der Waals surface area (Å²) in [5.41, 5.74) is -2.97. The average molecular weight is 663 g/mol. The quantitative estimate of drug-likeness (QED) is 0.166. The predicted octanol–water partition coefficient (Wildman–Crippen LogP) is 7.73. The van der Waals surface area contributed by atoms with Crippen molar-refractivity contribution >= 4 is 5.95 Å². The van der Waals surface area contributed by atoms with Crippen molar-refractivity contribution < 1.29 is 39.5 Å². The van der Waals surface area contributed by atoms with Crippen LogP contribution in [0.3, 0.4) is 0 Å². The van der Waals surface area contributed by atoms with E-state index in [1.807, 2.05) is 20.8 Å². The topological polar surface area (TPSA) is 78.8 Å². The maximum absolute atomic E-state index is 14.0. The van der Waals surface area contributed by atoms with Crippen LogP contribution >= 0.6 is 0 Å². The Morgan fingerprint density at radius 2 is 1.48 bits per heavy atom. The van der Waals surface area contributed by atoms with Crippen molar-refractivity contribution in [2.45, 2.75) is 70.9 Å². The van der Waals surface area contributed by atoms with E-state index in [1.54, 1.807) is 12.4 Å². The summed E-state index contributed by atoms with van der Waals surface area (Å²) in [5, 5.41) is 18.4. The molecule has 0 aliphatic heterocycles. The Morgan fingerprint density at radius 1 is 0.848 bits per heavy atom. The summed E-state index contributed by atoms with van der Waals surface area (Å²) in [6.45, 7) is 5.17. The third-order valence-electron chi connectivity index (χ3n) is 7.64. The van der Waals surface area contributed by atoms with Crippen LogP contribution in [0.5, 0.6) is 0 Å². The molecule has 1 N–H and O–H groups in total. The highest BCUT2D eigenvalue weighted by Gasteiger charge is 2.38. The molecule has 4 rings (SSSR count). The smallest absolute Gasteiger partial charge is 0.330 e. The van der Waals surface area contributed by atoms with Crippen LogP contribution in [0.1, 0.15) is 78.2 Å². The maximum Gasteiger partial charge on any atom is 0.416 e. The summed E-state index contributed by atoms with van der Waals surface area (Å²) in [6, 6.07) is 3.71.